The van der Waals surface area contributed by atoms with Crippen molar-refractivity contribution >= 4 is 12.0 Å². The van der Waals surface area contributed by atoms with E-state index in [1.807, 2.05) is 18.2 Å². The number of aryl methyl sites for hydroxylation is 1. The Kier molecular flexibility index (Phi) is 5.06. The van der Waals surface area contributed by atoms with E-state index in [0.29, 0.717) is 6.42 Å². The second-order valence-corrected chi connectivity index (χ2v) is 3.38. The molecule has 0 aliphatic rings. The van der Waals surface area contributed by atoms with Crippen LogP contribution < -0.4 is 0 Å². The minimum Gasteiger partial charge on any atom is -0.362 e. The lowest BCUT2D eigenvalue weighted by atomic mass is 10.1. The predicted octanol–water partition coefficient (Wildman–Crippen LogP) is 2.27. The molecule has 0 saturated heterocycles. The number of hydrogen-bond acceptors (Lipinski definition) is 1. The van der Waals surface area contributed by atoms with Gasteiger partial charge < -0.3 is 5.53 Å². The van der Waals surface area contributed by atoms with Crippen LogP contribution in [0, 0.1) is 0 Å². The molecule has 0 amide bonds. The van der Waals surface area contributed by atoms with Gasteiger partial charge in [-0.15, -0.1) is 0 Å². The van der Waals surface area contributed by atoms with Crippen molar-refractivity contribution in [2.24, 2.45) is 0 Å². The molecule has 0 saturated carbocycles. The summed E-state index contributed by atoms with van der Waals surface area (Å²) < 4.78 is 0. The second kappa shape index (κ2) is 6.68. The maximum Gasteiger partial charge on any atom is 0.264 e. The lowest BCUT2D eigenvalue weighted by molar-refractivity contribution is -0.118. The zero-order valence-electron chi connectivity index (χ0n) is 8.60. The third kappa shape index (κ3) is 4.89. The molecule has 0 N–H and O–H groups in total. The average molecular weight is 202 g/mol. The Balaban J connectivity index is 2.22. The zero-order chi connectivity index (χ0) is 10.9. The summed E-state index contributed by atoms with van der Waals surface area (Å²) in [5.74, 6) is 0.115. The minimum absolute atomic E-state index is 0.115. The van der Waals surface area contributed by atoms with Crippen LogP contribution in [-0.2, 0) is 11.2 Å². The van der Waals surface area contributed by atoms with Gasteiger partial charge in [0.1, 0.15) is 12.2 Å². The van der Waals surface area contributed by atoms with Crippen molar-refractivity contribution in [1.29, 1.82) is 0 Å². The van der Waals surface area contributed by atoms with E-state index in [2.05, 4.69) is 16.9 Å². The highest BCUT2D eigenvalue weighted by atomic mass is 16.1. The number of benzene rings is 1. The number of ketones is 1. The van der Waals surface area contributed by atoms with Gasteiger partial charge in [-0.3, -0.25) is 4.79 Å². The van der Waals surface area contributed by atoms with Gasteiger partial charge >= 0.3 is 0 Å². The fraction of sp³-hybridized carbons (Fsp3) is 0.333. The fourth-order valence-corrected chi connectivity index (χ4v) is 1.38. The molecule has 0 aliphatic carbocycles. The standard InChI is InChI=1S/C12H14N2O/c13-14-10-9-12(15)8-4-7-11-5-2-1-3-6-11/h1-3,5-6,10H,4,7-9H2. The Morgan fingerprint density at radius 2 is 2.07 bits per heavy atom. The Labute approximate surface area is 89.4 Å². The smallest absolute Gasteiger partial charge is 0.264 e. The van der Waals surface area contributed by atoms with E-state index in [4.69, 9.17) is 5.53 Å². The number of rotatable bonds is 6. The lowest BCUT2D eigenvalue weighted by Crippen LogP contribution is -1.99. The molecule has 1 aromatic rings. The molecule has 0 heterocycles. The molecule has 1 aromatic carbocycles. The number of Topliss-reactive ketones (excluding diaryl/α,β-unsaturated/α-hetero) is 1. The van der Waals surface area contributed by atoms with Gasteiger partial charge in [0.2, 0.25) is 0 Å². The summed E-state index contributed by atoms with van der Waals surface area (Å²) in [6.07, 6.45) is 3.77. The van der Waals surface area contributed by atoms with Crippen LogP contribution in [0.5, 0.6) is 0 Å². The van der Waals surface area contributed by atoms with Crippen LogP contribution in [0.2, 0.25) is 0 Å². The van der Waals surface area contributed by atoms with E-state index >= 15 is 0 Å². The van der Waals surface area contributed by atoms with E-state index in [1.165, 1.54) is 11.8 Å². The monoisotopic (exact) mass is 202 g/mol. The molecule has 78 valence electrons. The Bertz CT molecular complexity index is 353. The number of nitrogens with zero attached hydrogens (tertiary/aromatic N) is 2. The number of carbonyl (C=O) groups is 1. The van der Waals surface area contributed by atoms with E-state index in [1.54, 1.807) is 0 Å². The Hall–Kier alpha value is -1.73. The molecule has 0 aliphatic heterocycles. The highest BCUT2D eigenvalue weighted by Gasteiger charge is 2.02. The first-order chi connectivity index (χ1) is 7.33. The van der Waals surface area contributed by atoms with E-state index < -0.39 is 0 Å². The van der Waals surface area contributed by atoms with Crippen molar-refractivity contribution in [3.05, 3.63) is 41.4 Å². The summed E-state index contributed by atoms with van der Waals surface area (Å²) >= 11 is 0. The van der Waals surface area contributed by atoms with Gasteiger partial charge in [0, 0.05) is 6.42 Å². The topological polar surface area (TPSA) is 53.5 Å². The summed E-state index contributed by atoms with van der Waals surface area (Å²) in [4.78, 5) is 14.0. The second-order valence-electron chi connectivity index (χ2n) is 3.38. The van der Waals surface area contributed by atoms with Gasteiger partial charge in [0.25, 0.3) is 6.21 Å². The van der Waals surface area contributed by atoms with Crippen molar-refractivity contribution < 1.29 is 9.58 Å². The molecule has 0 radical (unpaired) electrons. The average Bonchev–Trinajstić information content (AvgIpc) is 2.28. The van der Waals surface area contributed by atoms with Gasteiger partial charge in [-0.1, -0.05) is 30.3 Å². The minimum atomic E-state index is 0.115. The van der Waals surface area contributed by atoms with Crippen LogP contribution in [0.3, 0.4) is 0 Å². The molecule has 0 fully saturated rings. The van der Waals surface area contributed by atoms with Crippen LogP contribution in [0.25, 0.3) is 5.53 Å². The van der Waals surface area contributed by atoms with E-state index in [0.717, 1.165) is 12.8 Å². The lowest BCUT2D eigenvalue weighted by Gasteiger charge is -1.98. The molecule has 3 heteroatoms. The van der Waals surface area contributed by atoms with Crippen LogP contribution >= 0.6 is 0 Å². The molecule has 0 bridgehead atoms. The molecule has 15 heavy (non-hydrogen) atoms. The summed E-state index contributed by atoms with van der Waals surface area (Å²) in [6, 6.07) is 10.1. The molecule has 1 rings (SSSR count). The Morgan fingerprint density at radius 1 is 1.33 bits per heavy atom. The molecule has 0 unspecified atom stereocenters. The number of carbonyl (C=O) groups excluding carboxylic acids is 1. The van der Waals surface area contributed by atoms with Crippen LogP contribution in [-0.4, -0.2) is 16.8 Å². The van der Waals surface area contributed by atoms with Crippen LogP contribution in [0.4, 0.5) is 0 Å². The van der Waals surface area contributed by atoms with Crippen LogP contribution in [0.15, 0.2) is 30.3 Å². The maximum absolute atomic E-state index is 11.2. The Morgan fingerprint density at radius 3 is 2.73 bits per heavy atom. The maximum atomic E-state index is 11.2. The van der Waals surface area contributed by atoms with Crippen molar-refractivity contribution in [2.75, 3.05) is 0 Å². The van der Waals surface area contributed by atoms with E-state index in [-0.39, 0.29) is 12.2 Å². The zero-order valence-corrected chi connectivity index (χ0v) is 8.60. The first-order valence-corrected chi connectivity index (χ1v) is 5.04. The first kappa shape index (κ1) is 11.3. The summed E-state index contributed by atoms with van der Waals surface area (Å²) in [7, 11) is 0. The quantitative estimate of drug-likeness (QED) is 0.396. The molecule has 0 atom stereocenters. The highest BCUT2D eigenvalue weighted by molar-refractivity contribution is 5.89. The van der Waals surface area contributed by atoms with Gasteiger partial charge in [-0.05, 0) is 18.4 Å². The molecule has 0 aromatic heterocycles. The van der Waals surface area contributed by atoms with Gasteiger partial charge in [0.15, 0.2) is 0 Å². The summed E-state index contributed by atoms with van der Waals surface area (Å²) in [6.45, 7) is 0. The van der Waals surface area contributed by atoms with E-state index in [9.17, 15) is 4.79 Å². The van der Waals surface area contributed by atoms with Gasteiger partial charge in [0.05, 0.1) is 0 Å². The first-order valence-electron chi connectivity index (χ1n) is 5.04. The number of hydrogen-bond donors (Lipinski definition) is 0. The van der Waals surface area contributed by atoms with Gasteiger partial charge in [-0.25, -0.2) is 0 Å². The van der Waals surface area contributed by atoms with Crippen molar-refractivity contribution in [3.63, 3.8) is 0 Å². The highest BCUT2D eigenvalue weighted by Crippen LogP contribution is 2.05. The van der Waals surface area contributed by atoms with Crippen molar-refractivity contribution in [2.45, 2.75) is 25.7 Å². The normalized spacial score (nSPS) is 9.33. The fourth-order valence-electron chi connectivity index (χ4n) is 1.38. The third-order valence-corrected chi connectivity index (χ3v) is 2.16. The van der Waals surface area contributed by atoms with Crippen LogP contribution in [0.1, 0.15) is 24.8 Å². The predicted molar refractivity (Wildman–Crippen MR) is 58.7 cm³/mol. The summed E-state index contributed by atoms with van der Waals surface area (Å²) in [5.41, 5.74) is 9.39. The van der Waals surface area contributed by atoms with Crippen molar-refractivity contribution in [1.82, 2.24) is 0 Å². The van der Waals surface area contributed by atoms with Gasteiger partial charge in [-0.2, -0.15) is 4.79 Å². The molecular weight excluding hydrogens is 188 g/mol. The molecule has 3 nitrogen and oxygen atoms in total. The third-order valence-electron chi connectivity index (χ3n) is 2.16. The SMILES string of the molecule is [N-]=[N+]=CCC(=O)CCCc1ccccc1. The van der Waals surface area contributed by atoms with Crippen molar-refractivity contribution in [3.8, 4) is 0 Å². The largest absolute Gasteiger partial charge is 0.362 e. The molecule has 0 spiro atoms. The molecular formula is C12H14N2O. The summed E-state index contributed by atoms with van der Waals surface area (Å²) in [5, 5.41) is 0.